The zero-order chi connectivity index (χ0) is 13.8. The van der Waals surface area contributed by atoms with Crippen molar-refractivity contribution in [3.8, 4) is 5.75 Å². The zero-order valence-corrected chi connectivity index (χ0v) is 11.4. The molecule has 19 heavy (non-hydrogen) atoms. The summed E-state index contributed by atoms with van der Waals surface area (Å²) in [7, 11) is 3.66. The van der Waals surface area contributed by atoms with Crippen molar-refractivity contribution in [2.24, 2.45) is 0 Å². The number of hydrogen-bond donors (Lipinski definition) is 1. The van der Waals surface area contributed by atoms with Crippen molar-refractivity contribution >= 4 is 23.5 Å². The van der Waals surface area contributed by atoms with E-state index in [1.807, 2.05) is 26.2 Å². The van der Waals surface area contributed by atoms with E-state index in [9.17, 15) is 0 Å². The van der Waals surface area contributed by atoms with Crippen molar-refractivity contribution in [1.29, 1.82) is 0 Å². The van der Waals surface area contributed by atoms with Crippen LogP contribution in [0.1, 0.15) is 5.82 Å². The molecule has 1 aromatic heterocycles. The molecule has 2 rings (SSSR count). The lowest BCUT2D eigenvalue weighted by atomic mass is 10.3. The van der Waals surface area contributed by atoms with Crippen LogP contribution >= 0.6 is 11.6 Å². The van der Waals surface area contributed by atoms with Gasteiger partial charge in [0, 0.05) is 19.1 Å². The summed E-state index contributed by atoms with van der Waals surface area (Å²) >= 11 is 5.87. The second kappa shape index (κ2) is 5.71. The predicted molar refractivity (Wildman–Crippen MR) is 74.4 cm³/mol. The Morgan fingerprint density at radius 3 is 2.74 bits per heavy atom. The summed E-state index contributed by atoms with van der Waals surface area (Å²) in [5, 5.41) is 0.613. The van der Waals surface area contributed by atoms with E-state index < -0.39 is 0 Å². The Morgan fingerprint density at radius 1 is 1.26 bits per heavy atom. The van der Waals surface area contributed by atoms with Gasteiger partial charge in [0.05, 0.1) is 0 Å². The minimum atomic E-state index is 0.170. The Balaban J connectivity index is 2.11. The summed E-state index contributed by atoms with van der Waals surface area (Å²) in [6.45, 7) is 0.202. The van der Waals surface area contributed by atoms with Gasteiger partial charge < -0.3 is 15.4 Å². The molecule has 6 nitrogen and oxygen atoms in total. The van der Waals surface area contributed by atoms with Gasteiger partial charge in [0.2, 0.25) is 11.9 Å². The number of nitrogens with zero attached hydrogens (tertiary/aromatic N) is 4. The zero-order valence-electron chi connectivity index (χ0n) is 10.7. The smallest absolute Gasteiger partial charge is 0.230 e. The minimum Gasteiger partial charge on any atom is -0.486 e. The highest BCUT2D eigenvalue weighted by Gasteiger charge is 2.07. The molecule has 0 aliphatic rings. The molecule has 0 unspecified atom stereocenters. The molecule has 1 aromatic carbocycles. The Bertz CT molecular complexity index is 576. The molecule has 2 aromatic rings. The Labute approximate surface area is 116 Å². The fourth-order valence-electron chi connectivity index (χ4n) is 1.39. The van der Waals surface area contributed by atoms with Crippen LogP contribution in [0.25, 0.3) is 0 Å². The lowest BCUT2D eigenvalue weighted by molar-refractivity contribution is 0.295. The molecule has 0 spiro atoms. The first-order valence-corrected chi connectivity index (χ1v) is 5.98. The average molecular weight is 280 g/mol. The lowest BCUT2D eigenvalue weighted by Gasteiger charge is -2.11. The van der Waals surface area contributed by atoms with Gasteiger partial charge in [0.25, 0.3) is 0 Å². The van der Waals surface area contributed by atoms with Crippen LogP contribution in [0.15, 0.2) is 24.3 Å². The molecule has 2 N–H and O–H groups in total. The molecule has 100 valence electrons. The molecule has 0 amide bonds. The maximum Gasteiger partial charge on any atom is 0.230 e. The van der Waals surface area contributed by atoms with Crippen LogP contribution in [0.5, 0.6) is 5.75 Å². The van der Waals surface area contributed by atoms with Crippen molar-refractivity contribution in [3.05, 3.63) is 35.1 Å². The summed E-state index contributed by atoms with van der Waals surface area (Å²) in [4.78, 5) is 14.0. The number of anilines is 2. The van der Waals surface area contributed by atoms with Crippen LogP contribution in [-0.2, 0) is 6.61 Å². The normalized spacial score (nSPS) is 10.3. The van der Waals surface area contributed by atoms with Crippen molar-refractivity contribution in [2.45, 2.75) is 6.61 Å². The number of halogens is 1. The highest BCUT2D eigenvalue weighted by atomic mass is 35.5. The van der Waals surface area contributed by atoms with Crippen LogP contribution < -0.4 is 15.4 Å². The standard InChI is InChI=1S/C12H14ClN5O/c1-18(2)12-16-10(15-11(14)17-12)7-19-9-5-3-4-8(13)6-9/h3-6H,7H2,1-2H3,(H2,14,15,16,17). The van der Waals surface area contributed by atoms with E-state index in [0.29, 0.717) is 22.5 Å². The topological polar surface area (TPSA) is 77.2 Å². The number of rotatable bonds is 4. The maximum atomic E-state index is 5.87. The second-order valence-electron chi connectivity index (χ2n) is 4.05. The van der Waals surface area contributed by atoms with Crippen molar-refractivity contribution < 1.29 is 4.74 Å². The number of hydrogen-bond acceptors (Lipinski definition) is 6. The average Bonchev–Trinajstić information content (AvgIpc) is 2.36. The van der Waals surface area contributed by atoms with Gasteiger partial charge in [-0.15, -0.1) is 0 Å². The van der Waals surface area contributed by atoms with E-state index in [-0.39, 0.29) is 12.6 Å². The molecule has 1 heterocycles. The van der Waals surface area contributed by atoms with Crippen LogP contribution in [0.4, 0.5) is 11.9 Å². The predicted octanol–water partition coefficient (Wildman–Crippen LogP) is 1.75. The summed E-state index contributed by atoms with van der Waals surface area (Å²) in [6, 6.07) is 7.12. The SMILES string of the molecule is CN(C)c1nc(N)nc(COc2cccc(Cl)c2)n1. The number of nitrogen functional groups attached to an aromatic ring is 1. The summed E-state index contributed by atoms with van der Waals surface area (Å²) < 4.78 is 5.55. The Hall–Kier alpha value is -2.08. The second-order valence-corrected chi connectivity index (χ2v) is 4.49. The molecule has 0 radical (unpaired) electrons. The van der Waals surface area contributed by atoms with E-state index in [0.717, 1.165) is 0 Å². The van der Waals surface area contributed by atoms with Gasteiger partial charge in [-0.1, -0.05) is 17.7 Å². The molecule has 0 aliphatic heterocycles. The minimum absolute atomic E-state index is 0.170. The molecule has 0 fully saturated rings. The molecule has 0 atom stereocenters. The number of nitrogens with two attached hydrogens (primary N) is 1. The maximum absolute atomic E-state index is 5.87. The van der Waals surface area contributed by atoms with Gasteiger partial charge in [0.15, 0.2) is 5.82 Å². The van der Waals surface area contributed by atoms with Gasteiger partial charge >= 0.3 is 0 Å². The third kappa shape index (κ3) is 3.69. The van der Waals surface area contributed by atoms with E-state index >= 15 is 0 Å². The van der Waals surface area contributed by atoms with Crippen molar-refractivity contribution in [3.63, 3.8) is 0 Å². The van der Waals surface area contributed by atoms with Crippen molar-refractivity contribution in [2.75, 3.05) is 24.7 Å². The van der Waals surface area contributed by atoms with Crippen LogP contribution in [0, 0.1) is 0 Å². The first-order valence-electron chi connectivity index (χ1n) is 5.61. The third-order valence-corrected chi connectivity index (χ3v) is 2.49. The first-order chi connectivity index (χ1) is 9.04. The van der Waals surface area contributed by atoms with Gasteiger partial charge in [0.1, 0.15) is 12.4 Å². The fourth-order valence-corrected chi connectivity index (χ4v) is 1.57. The quantitative estimate of drug-likeness (QED) is 0.919. The molecule has 0 aliphatic carbocycles. The lowest BCUT2D eigenvalue weighted by Crippen LogP contribution is -2.16. The van der Waals surface area contributed by atoms with Gasteiger partial charge in [-0.3, -0.25) is 0 Å². The summed E-state index contributed by atoms with van der Waals surface area (Å²) in [5.41, 5.74) is 5.62. The highest BCUT2D eigenvalue weighted by molar-refractivity contribution is 6.30. The monoisotopic (exact) mass is 279 g/mol. The molecule has 7 heteroatoms. The molecule has 0 bridgehead atoms. The first kappa shape index (κ1) is 13.4. The number of benzene rings is 1. The Morgan fingerprint density at radius 2 is 2.05 bits per heavy atom. The number of ether oxygens (including phenoxy) is 1. The third-order valence-electron chi connectivity index (χ3n) is 2.25. The molecule has 0 saturated heterocycles. The summed E-state index contributed by atoms with van der Waals surface area (Å²) in [5.74, 6) is 1.79. The van der Waals surface area contributed by atoms with E-state index in [1.54, 1.807) is 17.0 Å². The van der Waals surface area contributed by atoms with Gasteiger partial charge in [-0.05, 0) is 18.2 Å². The molecular formula is C12H14ClN5O. The van der Waals surface area contributed by atoms with Crippen molar-refractivity contribution in [1.82, 2.24) is 15.0 Å². The molecular weight excluding hydrogens is 266 g/mol. The van der Waals surface area contributed by atoms with Crippen LogP contribution in [0.2, 0.25) is 5.02 Å². The Kier molecular flexibility index (Phi) is 4.01. The van der Waals surface area contributed by atoms with Gasteiger partial charge in [-0.2, -0.15) is 15.0 Å². The van der Waals surface area contributed by atoms with Gasteiger partial charge in [-0.25, -0.2) is 0 Å². The summed E-state index contributed by atoms with van der Waals surface area (Å²) in [6.07, 6.45) is 0. The van der Waals surface area contributed by atoms with E-state index in [2.05, 4.69) is 15.0 Å². The molecule has 0 saturated carbocycles. The van der Waals surface area contributed by atoms with E-state index in [1.165, 1.54) is 0 Å². The largest absolute Gasteiger partial charge is 0.486 e. The number of aromatic nitrogens is 3. The highest BCUT2D eigenvalue weighted by Crippen LogP contribution is 2.18. The van der Waals surface area contributed by atoms with E-state index in [4.69, 9.17) is 22.1 Å². The van der Waals surface area contributed by atoms with Crippen LogP contribution in [-0.4, -0.2) is 29.0 Å². The van der Waals surface area contributed by atoms with Crippen LogP contribution in [0.3, 0.4) is 0 Å². The fraction of sp³-hybridized carbons (Fsp3) is 0.250.